The molecule has 12 rings (SSSR count). The van der Waals surface area contributed by atoms with Crippen LogP contribution in [-0.2, 0) is 17.3 Å². The van der Waals surface area contributed by atoms with Crippen molar-refractivity contribution in [3.63, 3.8) is 0 Å². The SMILES string of the molecule is CC1(C)CCC(C)(C)c2c(-c3cccc(-n4c5cc(-c6cccc7c6c6ccccc6n7-c6cccc7c6CCC=C7)ccc5c5cc6ccccc6cc54)c3)cccc21. The van der Waals surface area contributed by atoms with E-state index in [1.807, 2.05) is 0 Å². The molecule has 0 atom stereocenters. The Bertz CT molecular complexity index is 3440. The largest absolute Gasteiger partial charge is 0.309 e. The molecule has 2 aliphatic carbocycles. The lowest BCUT2D eigenvalue weighted by molar-refractivity contribution is 0.333. The second-order valence-electron chi connectivity index (χ2n) is 18.7. The van der Waals surface area contributed by atoms with Crippen molar-refractivity contribution in [2.24, 2.45) is 0 Å². The topological polar surface area (TPSA) is 9.86 Å². The predicted octanol–water partition coefficient (Wildman–Crippen LogP) is 15.7. The van der Waals surface area contributed by atoms with E-state index in [-0.39, 0.29) is 10.8 Å². The normalized spacial score (nSPS) is 15.6. The summed E-state index contributed by atoms with van der Waals surface area (Å²) >= 11 is 0. The number of benzene rings is 8. The highest BCUT2D eigenvalue weighted by Gasteiger charge is 2.38. The average Bonchev–Trinajstić information content (AvgIpc) is 3.78. The Morgan fingerprint density at radius 2 is 1.20 bits per heavy atom. The first-order valence-corrected chi connectivity index (χ1v) is 21.8. The van der Waals surface area contributed by atoms with Gasteiger partial charge in [-0.1, -0.05) is 149 Å². The number of hydrogen-bond acceptors (Lipinski definition) is 0. The highest BCUT2D eigenvalue weighted by Crippen LogP contribution is 2.50. The zero-order valence-electron chi connectivity index (χ0n) is 34.9. The molecule has 0 spiro atoms. The van der Waals surface area contributed by atoms with Crippen molar-refractivity contribution in [1.29, 1.82) is 0 Å². The Kier molecular flexibility index (Phi) is 7.61. The van der Waals surface area contributed by atoms with E-state index in [1.54, 1.807) is 0 Å². The first-order valence-electron chi connectivity index (χ1n) is 21.8. The van der Waals surface area contributed by atoms with Crippen LogP contribution in [0, 0.1) is 0 Å². The van der Waals surface area contributed by atoms with Crippen LogP contribution in [0.3, 0.4) is 0 Å². The zero-order chi connectivity index (χ0) is 40.3. The van der Waals surface area contributed by atoms with Crippen molar-refractivity contribution in [3.8, 4) is 33.6 Å². The van der Waals surface area contributed by atoms with Crippen molar-refractivity contribution in [2.45, 2.75) is 64.2 Å². The summed E-state index contributed by atoms with van der Waals surface area (Å²) in [5.41, 5.74) is 18.5. The van der Waals surface area contributed by atoms with Gasteiger partial charge in [0.25, 0.3) is 0 Å². The second-order valence-corrected chi connectivity index (χ2v) is 18.7. The third kappa shape index (κ3) is 5.19. The summed E-state index contributed by atoms with van der Waals surface area (Å²) in [6.07, 6.45) is 9.11. The number of allylic oxidation sites excluding steroid dienone is 1. The Labute approximate surface area is 352 Å². The van der Waals surface area contributed by atoms with Crippen molar-refractivity contribution in [3.05, 3.63) is 186 Å². The summed E-state index contributed by atoms with van der Waals surface area (Å²) in [4.78, 5) is 0. The molecular weight excluding hydrogens is 725 g/mol. The number of aromatic nitrogens is 2. The molecule has 10 aromatic rings. The van der Waals surface area contributed by atoms with Crippen LogP contribution in [0.2, 0.25) is 0 Å². The van der Waals surface area contributed by atoms with E-state index in [4.69, 9.17) is 0 Å². The maximum Gasteiger partial charge on any atom is 0.0547 e. The van der Waals surface area contributed by atoms with Gasteiger partial charge in [0.2, 0.25) is 0 Å². The van der Waals surface area contributed by atoms with Crippen molar-refractivity contribution >= 4 is 60.5 Å². The molecule has 2 nitrogen and oxygen atoms in total. The van der Waals surface area contributed by atoms with Crippen LogP contribution in [0.1, 0.15) is 69.2 Å². The van der Waals surface area contributed by atoms with Gasteiger partial charge in [-0.2, -0.15) is 0 Å². The summed E-state index contributed by atoms with van der Waals surface area (Å²) < 4.78 is 5.05. The van der Waals surface area contributed by atoms with E-state index in [0.717, 1.165) is 12.8 Å². The summed E-state index contributed by atoms with van der Waals surface area (Å²) in [6.45, 7) is 9.73. The lowest BCUT2D eigenvalue weighted by Crippen LogP contribution is -2.34. The second kappa shape index (κ2) is 12.9. The zero-order valence-corrected chi connectivity index (χ0v) is 34.9. The molecule has 290 valence electrons. The highest BCUT2D eigenvalue weighted by atomic mass is 15.0. The van der Waals surface area contributed by atoms with Crippen LogP contribution in [-0.4, -0.2) is 9.13 Å². The predicted molar refractivity (Wildman–Crippen MR) is 256 cm³/mol. The third-order valence-corrected chi connectivity index (χ3v) is 14.2. The molecule has 0 amide bonds. The fourth-order valence-corrected chi connectivity index (χ4v) is 11.1. The number of fused-ring (bicyclic) bond motifs is 9. The minimum Gasteiger partial charge on any atom is -0.309 e. The molecular formula is C58H48N2. The molecule has 0 saturated heterocycles. The highest BCUT2D eigenvalue weighted by molar-refractivity contribution is 6.18. The molecule has 0 radical (unpaired) electrons. The minimum absolute atomic E-state index is 0.0964. The van der Waals surface area contributed by atoms with Gasteiger partial charge < -0.3 is 9.13 Å². The average molecular weight is 773 g/mol. The van der Waals surface area contributed by atoms with E-state index in [1.165, 1.54) is 123 Å². The van der Waals surface area contributed by atoms with E-state index < -0.39 is 0 Å². The van der Waals surface area contributed by atoms with Crippen LogP contribution < -0.4 is 0 Å². The van der Waals surface area contributed by atoms with Crippen LogP contribution in [0.25, 0.3) is 94.1 Å². The van der Waals surface area contributed by atoms with Gasteiger partial charge in [-0.05, 0) is 140 Å². The molecule has 0 unspecified atom stereocenters. The van der Waals surface area contributed by atoms with E-state index in [9.17, 15) is 0 Å². The van der Waals surface area contributed by atoms with Gasteiger partial charge in [-0.25, -0.2) is 0 Å². The Morgan fingerprint density at radius 3 is 2.10 bits per heavy atom. The number of rotatable bonds is 4. The first-order chi connectivity index (χ1) is 29.2. The quantitative estimate of drug-likeness (QED) is 0.169. The molecule has 0 saturated carbocycles. The van der Waals surface area contributed by atoms with Crippen LogP contribution >= 0.6 is 0 Å². The molecule has 2 heterocycles. The summed E-state index contributed by atoms with van der Waals surface area (Å²) in [5, 5.41) is 7.64. The van der Waals surface area contributed by atoms with Gasteiger partial charge in [0.1, 0.15) is 0 Å². The summed E-state index contributed by atoms with van der Waals surface area (Å²) in [5.74, 6) is 0. The molecule has 0 fully saturated rings. The van der Waals surface area contributed by atoms with Crippen LogP contribution in [0.5, 0.6) is 0 Å². The summed E-state index contributed by atoms with van der Waals surface area (Å²) in [7, 11) is 0. The Balaban J connectivity index is 1.11. The molecule has 8 aromatic carbocycles. The van der Waals surface area contributed by atoms with Crippen LogP contribution in [0.4, 0.5) is 0 Å². The third-order valence-electron chi connectivity index (χ3n) is 14.2. The monoisotopic (exact) mass is 772 g/mol. The fraction of sp³-hybridized carbons (Fsp3) is 0.172. The van der Waals surface area contributed by atoms with E-state index in [0.29, 0.717) is 0 Å². The van der Waals surface area contributed by atoms with Crippen molar-refractivity contribution in [2.75, 3.05) is 0 Å². The molecule has 2 heteroatoms. The molecule has 0 aliphatic heterocycles. The number of para-hydroxylation sites is 1. The maximum absolute atomic E-state index is 2.53. The van der Waals surface area contributed by atoms with Gasteiger partial charge in [0.15, 0.2) is 0 Å². The lowest BCUT2D eigenvalue weighted by atomic mass is 9.61. The number of nitrogens with zero attached hydrogens (tertiary/aromatic N) is 2. The molecule has 2 aromatic heterocycles. The lowest BCUT2D eigenvalue weighted by Gasteiger charge is -2.43. The standard InChI is InChI=1S/C58H48N2/c1-57(2)31-32-58(3,4)56-45(24-13-25-49(56)57)40-19-11-20-42(33-40)59-53-36-41(29-30-46(53)48-34-38-16-5-6-17-39(38)35-54(48)59)44-23-14-28-52-55(44)47-22-9-10-26-51(47)60(52)50-27-12-18-37-15-7-8-21-43(37)50/h5-7,9-20,22-30,33-36H,8,21,31-32H2,1-4H3. The van der Waals surface area contributed by atoms with E-state index in [2.05, 4.69) is 207 Å². The van der Waals surface area contributed by atoms with E-state index >= 15 is 0 Å². The van der Waals surface area contributed by atoms with Gasteiger partial charge in [-0.3, -0.25) is 0 Å². The van der Waals surface area contributed by atoms with Crippen molar-refractivity contribution < 1.29 is 0 Å². The first kappa shape index (κ1) is 35.3. The van der Waals surface area contributed by atoms with Crippen LogP contribution in [0.15, 0.2) is 164 Å². The van der Waals surface area contributed by atoms with Gasteiger partial charge in [0.05, 0.1) is 22.1 Å². The fourth-order valence-electron chi connectivity index (χ4n) is 11.1. The molecule has 0 N–H and O–H groups in total. The summed E-state index contributed by atoms with van der Waals surface area (Å²) in [6, 6.07) is 59.8. The van der Waals surface area contributed by atoms with Gasteiger partial charge >= 0.3 is 0 Å². The Morgan fingerprint density at radius 1 is 0.483 bits per heavy atom. The maximum atomic E-state index is 2.53. The molecule has 60 heavy (non-hydrogen) atoms. The van der Waals surface area contributed by atoms with Gasteiger partial charge in [0, 0.05) is 32.9 Å². The Hall–Kier alpha value is -6.64. The van der Waals surface area contributed by atoms with Gasteiger partial charge in [-0.15, -0.1) is 0 Å². The molecule has 0 bridgehead atoms. The molecule has 2 aliphatic rings. The smallest absolute Gasteiger partial charge is 0.0547 e. The van der Waals surface area contributed by atoms with Crippen molar-refractivity contribution in [1.82, 2.24) is 9.13 Å². The number of hydrogen-bond donors (Lipinski definition) is 0. The minimum atomic E-state index is 0.0964.